The zero-order valence-electron chi connectivity index (χ0n) is 16.3. The fourth-order valence-electron chi connectivity index (χ4n) is 1.61. The van der Waals surface area contributed by atoms with Crippen molar-refractivity contribution in [1.82, 2.24) is 5.32 Å². The van der Waals surface area contributed by atoms with Gasteiger partial charge in [-0.25, -0.2) is 0 Å². The van der Waals surface area contributed by atoms with Crippen LogP contribution in [0.3, 0.4) is 0 Å². The Labute approximate surface area is 166 Å². The molecule has 3 N–H and O–H groups in total. The second kappa shape index (κ2) is 16.7. The van der Waals surface area contributed by atoms with Gasteiger partial charge in [0.15, 0.2) is 0 Å². The molecule has 6 nitrogen and oxygen atoms in total. The minimum atomic E-state index is -0.105. The highest BCUT2D eigenvalue weighted by Crippen LogP contribution is 2.39. The van der Waals surface area contributed by atoms with Crippen molar-refractivity contribution in [1.29, 1.82) is 0 Å². The van der Waals surface area contributed by atoms with E-state index in [4.69, 9.17) is 26.4 Å². The Morgan fingerprint density at radius 3 is 2.46 bits per heavy atom. The number of ether oxygens (including phenoxy) is 3. The molecule has 0 saturated carbocycles. The molecule has 0 aliphatic heterocycles. The van der Waals surface area contributed by atoms with Crippen LogP contribution in [0.15, 0.2) is 0 Å². The Morgan fingerprint density at radius 2 is 1.85 bits per heavy atom. The van der Waals surface area contributed by atoms with Crippen LogP contribution in [0.4, 0.5) is 0 Å². The van der Waals surface area contributed by atoms with Crippen molar-refractivity contribution in [3.05, 3.63) is 0 Å². The Hall–Kier alpha value is -0.430. The predicted molar refractivity (Wildman–Crippen MR) is 111 cm³/mol. The van der Waals surface area contributed by atoms with Crippen LogP contribution in [0.25, 0.3) is 0 Å². The largest absolute Gasteiger partial charge is 0.379 e. The van der Waals surface area contributed by atoms with E-state index >= 15 is 0 Å². The van der Waals surface area contributed by atoms with Gasteiger partial charge in [0.1, 0.15) is 5.44 Å². The van der Waals surface area contributed by atoms with Crippen LogP contribution in [0, 0.1) is 12.3 Å². The summed E-state index contributed by atoms with van der Waals surface area (Å²) in [5.41, 5.74) is 5.72. The molecule has 1 unspecified atom stereocenters. The van der Waals surface area contributed by atoms with Gasteiger partial charge >= 0.3 is 0 Å². The fraction of sp³-hybridized carbons (Fsp3) is 0.833. The van der Waals surface area contributed by atoms with Crippen molar-refractivity contribution in [2.24, 2.45) is 5.73 Å². The number of hydrogen-bond donors (Lipinski definition) is 2. The van der Waals surface area contributed by atoms with Gasteiger partial charge in [-0.1, -0.05) is 48.3 Å². The van der Waals surface area contributed by atoms with E-state index in [9.17, 15) is 4.79 Å². The van der Waals surface area contributed by atoms with Crippen molar-refractivity contribution in [2.45, 2.75) is 50.2 Å². The van der Waals surface area contributed by atoms with Crippen LogP contribution in [0.5, 0.6) is 0 Å². The molecule has 0 saturated heterocycles. The van der Waals surface area contributed by atoms with Crippen LogP contribution in [-0.4, -0.2) is 62.2 Å². The number of nitrogens with one attached hydrogen (secondary N) is 1. The third kappa shape index (κ3) is 18.4. The first-order chi connectivity index (χ1) is 12.4. The van der Waals surface area contributed by atoms with Gasteiger partial charge in [-0.3, -0.25) is 4.79 Å². The molecule has 0 radical (unpaired) electrons. The van der Waals surface area contributed by atoms with Gasteiger partial charge in [0.25, 0.3) is 0 Å². The molecule has 0 aliphatic carbocycles. The van der Waals surface area contributed by atoms with Crippen LogP contribution in [0.1, 0.15) is 40.0 Å². The maximum absolute atomic E-state index is 11.3. The summed E-state index contributed by atoms with van der Waals surface area (Å²) in [6.07, 6.45) is 7.25. The Morgan fingerprint density at radius 1 is 1.19 bits per heavy atom. The maximum atomic E-state index is 11.3. The Bertz CT molecular complexity index is 398. The SMILES string of the molecule is C#CCNC(=O)CCOCCOCCOC(CCCN)SSC(C)(C)C. The van der Waals surface area contributed by atoms with Gasteiger partial charge in [-0.15, -0.1) is 6.42 Å². The average molecular weight is 407 g/mol. The van der Waals surface area contributed by atoms with Crippen LogP contribution >= 0.6 is 21.6 Å². The summed E-state index contributed by atoms with van der Waals surface area (Å²) >= 11 is 0. The zero-order chi connectivity index (χ0) is 19.7. The summed E-state index contributed by atoms with van der Waals surface area (Å²) in [5.74, 6) is 2.24. The fourth-order valence-corrected chi connectivity index (χ4v) is 4.06. The minimum absolute atomic E-state index is 0.105. The van der Waals surface area contributed by atoms with E-state index in [1.54, 1.807) is 10.8 Å². The molecule has 0 heterocycles. The number of rotatable bonds is 16. The van der Waals surface area contributed by atoms with Crippen molar-refractivity contribution in [3.8, 4) is 12.3 Å². The molecule has 152 valence electrons. The normalized spacial score (nSPS) is 12.6. The number of terminal acetylenes is 1. The molecule has 0 bridgehead atoms. The van der Waals surface area contributed by atoms with E-state index < -0.39 is 0 Å². The monoisotopic (exact) mass is 406 g/mol. The minimum Gasteiger partial charge on any atom is -0.379 e. The van der Waals surface area contributed by atoms with Crippen molar-refractivity contribution >= 4 is 27.5 Å². The summed E-state index contributed by atoms with van der Waals surface area (Å²) < 4.78 is 16.9. The lowest BCUT2D eigenvalue weighted by Gasteiger charge is -2.22. The molecule has 0 rings (SSSR count). The molecule has 8 heteroatoms. The second-order valence-electron chi connectivity index (χ2n) is 6.48. The molecular formula is C18H34N2O4S2. The van der Waals surface area contributed by atoms with E-state index in [1.165, 1.54) is 0 Å². The summed E-state index contributed by atoms with van der Waals surface area (Å²) in [7, 11) is 3.58. The predicted octanol–water partition coefficient (Wildman–Crippen LogP) is 2.42. The lowest BCUT2D eigenvalue weighted by atomic mass is 10.3. The highest BCUT2D eigenvalue weighted by atomic mass is 33.1. The molecule has 26 heavy (non-hydrogen) atoms. The highest BCUT2D eigenvalue weighted by Gasteiger charge is 2.17. The summed E-state index contributed by atoms with van der Waals surface area (Å²) in [6.45, 7) is 9.84. The molecule has 0 spiro atoms. The molecule has 0 aromatic carbocycles. The van der Waals surface area contributed by atoms with Gasteiger partial charge in [0.2, 0.25) is 5.91 Å². The third-order valence-corrected chi connectivity index (χ3v) is 6.43. The third-order valence-electron chi connectivity index (χ3n) is 2.81. The van der Waals surface area contributed by atoms with Crippen LogP contribution in [0.2, 0.25) is 0 Å². The van der Waals surface area contributed by atoms with E-state index in [0.29, 0.717) is 46.0 Å². The molecule has 1 amide bonds. The lowest BCUT2D eigenvalue weighted by molar-refractivity contribution is -0.122. The number of amides is 1. The first kappa shape index (κ1) is 25.6. The van der Waals surface area contributed by atoms with Crippen molar-refractivity contribution < 1.29 is 19.0 Å². The first-order valence-corrected chi connectivity index (χ1v) is 11.1. The summed E-state index contributed by atoms with van der Waals surface area (Å²) in [4.78, 5) is 11.3. The van der Waals surface area contributed by atoms with E-state index in [1.807, 2.05) is 10.8 Å². The molecule has 0 aliphatic rings. The number of carbonyl (C=O) groups is 1. The Balaban J connectivity index is 3.62. The zero-order valence-corrected chi connectivity index (χ0v) is 17.9. The number of carbonyl (C=O) groups excluding carboxylic acids is 1. The molecular weight excluding hydrogens is 372 g/mol. The molecule has 0 aromatic heterocycles. The molecule has 0 aromatic rings. The average Bonchev–Trinajstić information content (AvgIpc) is 2.59. The summed E-state index contributed by atoms with van der Waals surface area (Å²) in [5, 5.41) is 2.58. The quantitative estimate of drug-likeness (QED) is 0.176. The van der Waals surface area contributed by atoms with Crippen molar-refractivity contribution in [3.63, 3.8) is 0 Å². The van der Waals surface area contributed by atoms with Crippen LogP contribution in [-0.2, 0) is 19.0 Å². The summed E-state index contributed by atoms with van der Waals surface area (Å²) in [6, 6.07) is 0. The van der Waals surface area contributed by atoms with Crippen molar-refractivity contribution in [2.75, 3.05) is 46.1 Å². The van der Waals surface area contributed by atoms with E-state index in [2.05, 4.69) is 32.0 Å². The van der Waals surface area contributed by atoms with Gasteiger partial charge in [0, 0.05) is 11.2 Å². The molecule has 1 atom stereocenters. The topological polar surface area (TPSA) is 82.8 Å². The first-order valence-electron chi connectivity index (χ1n) is 8.91. The highest BCUT2D eigenvalue weighted by molar-refractivity contribution is 8.77. The maximum Gasteiger partial charge on any atom is 0.223 e. The number of nitrogens with two attached hydrogens (primary N) is 1. The van der Waals surface area contributed by atoms with E-state index in [0.717, 1.165) is 12.8 Å². The number of hydrogen-bond acceptors (Lipinski definition) is 7. The Kier molecular flexibility index (Phi) is 16.4. The van der Waals surface area contributed by atoms with Crippen LogP contribution < -0.4 is 11.1 Å². The standard InChI is InChI=1S/C18H34N2O4S2/c1-5-10-20-16(21)8-11-22-12-13-23-14-15-24-17(7-6-9-19)25-26-18(2,3)4/h1,17H,6-15,19H2,2-4H3,(H,20,21). The van der Waals surface area contributed by atoms with Gasteiger partial charge < -0.3 is 25.3 Å². The molecule has 0 fully saturated rings. The lowest BCUT2D eigenvalue weighted by Crippen LogP contribution is -2.24. The van der Waals surface area contributed by atoms with E-state index in [-0.39, 0.29) is 22.6 Å². The smallest absolute Gasteiger partial charge is 0.223 e. The second-order valence-corrected chi connectivity index (χ2v) is 9.67. The van der Waals surface area contributed by atoms with Gasteiger partial charge in [0.05, 0.1) is 39.6 Å². The van der Waals surface area contributed by atoms with Gasteiger partial charge in [-0.05, 0) is 19.4 Å². The van der Waals surface area contributed by atoms with Gasteiger partial charge in [-0.2, -0.15) is 0 Å².